The van der Waals surface area contributed by atoms with E-state index in [0.29, 0.717) is 5.82 Å². The summed E-state index contributed by atoms with van der Waals surface area (Å²) in [7, 11) is 1.62. The first-order valence-corrected chi connectivity index (χ1v) is 4.19. The maximum Gasteiger partial charge on any atom is 0.208 e. The van der Waals surface area contributed by atoms with E-state index in [0.717, 1.165) is 16.9 Å². The predicted molar refractivity (Wildman–Crippen MR) is 50.9 cm³/mol. The number of nitrogens with zero attached hydrogens (tertiary/aromatic N) is 3. The second-order valence-corrected chi connectivity index (χ2v) is 2.94. The summed E-state index contributed by atoms with van der Waals surface area (Å²) in [5.74, 6) is 1.30. The van der Waals surface area contributed by atoms with Crippen LogP contribution in [0.25, 0.3) is 11.4 Å². The molecule has 0 saturated heterocycles. The number of methoxy groups -OCH3 is 1. The van der Waals surface area contributed by atoms with Crippen LogP contribution >= 0.6 is 0 Å². The maximum atomic E-state index is 5.23. The molecule has 72 valence electrons. The van der Waals surface area contributed by atoms with Crippen molar-refractivity contribution in [3.05, 3.63) is 23.8 Å². The van der Waals surface area contributed by atoms with Crippen LogP contribution in [0.3, 0.4) is 0 Å². The van der Waals surface area contributed by atoms with Gasteiger partial charge in [0.05, 0.1) is 12.7 Å². The van der Waals surface area contributed by atoms with Gasteiger partial charge in [-0.2, -0.15) is 5.21 Å². The number of hydrogen-bond acceptors (Lipinski definition) is 4. The van der Waals surface area contributed by atoms with Gasteiger partial charge in [0.15, 0.2) is 0 Å². The van der Waals surface area contributed by atoms with E-state index in [9.17, 15) is 0 Å². The fourth-order valence-corrected chi connectivity index (χ4v) is 1.26. The van der Waals surface area contributed by atoms with Crippen LogP contribution < -0.4 is 4.74 Å². The first-order valence-electron chi connectivity index (χ1n) is 4.19. The average Bonchev–Trinajstić information content (AvgIpc) is 2.70. The second-order valence-electron chi connectivity index (χ2n) is 2.94. The minimum Gasteiger partial charge on any atom is -0.496 e. The predicted octanol–water partition coefficient (Wildman–Crippen LogP) is 1.18. The largest absolute Gasteiger partial charge is 0.496 e. The molecule has 2 rings (SSSR count). The van der Waals surface area contributed by atoms with Crippen molar-refractivity contribution in [2.24, 2.45) is 0 Å². The third kappa shape index (κ3) is 1.44. The minimum atomic E-state index is 0.543. The number of rotatable bonds is 2. The van der Waals surface area contributed by atoms with Crippen molar-refractivity contribution in [1.29, 1.82) is 0 Å². The molecule has 0 amide bonds. The Hall–Kier alpha value is -1.91. The number of aryl methyl sites for hydroxylation is 1. The number of hydrogen-bond donors (Lipinski definition) is 1. The first kappa shape index (κ1) is 8.68. The molecule has 0 fully saturated rings. The van der Waals surface area contributed by atoms with Crippen LogP contribution in [0, 0.1) is 6.92 Å². The van der Waals surface area contributed by atoms with Crippen molar-refractivity contribution >= 4 is 0 Å². The van der Waals surface area contributed by atoms with Crippen molar-refractivity contribution in [3.63, 3.8) is 0 Å². The molecule has 5 nitrogen and oxygen atoms in total. The molecule has 0 aliphatic rings. The summed E-state index contributed by atoms with van der Waals surface area (Å²) < 4.78 is 5.23. The van der Waals surface area contributed by atoms with Crippen LogP contribution in [0.2, 0.25) is 0 Å². The van der Waals surface area contributed by atoms with Crippen LogP contribution in [0.1, 0.15) is 5.56 Å². The molecule has 0 aliphatic heterocycles. The second kappa shape index (κ2) is 3.45. The Balaban J connectivity index is 2.53. The van der Waals surface area contributed by atoms with E-state index in [1.54, 1.807) is 7.11 Å². The zero-order valence-corrected chi connectivity index (χ0v) is 7.98. The van der Waals surface area contributed by atoms with Crippen LogP contribution in [0.5, 0.6) is 5.75 Å². The summed E-state index contributed by atoms with van der Waals surface area (Å²) in [6.07, 6.45) is 0. The number of ether oxygens (including phenoxy) is 1. The number of benzene rings is 1. The van der Waals surface area contributed by atoms with Crippen LogP contribution in [0.15, 0.2) is 18.2 Å². The number of H-pyrrole nitrogens is 1. The molecule has 2 aromatic rings. The molecule has 0 saturated carbocycles. The van der Waals surface area contributed by atoms with Crippen molar-refractivity contribution in [2.75, 3.05) is 7.11 Å². The Bertz CT molecular complexity index is 424. The molecule has 1 heterocycles. The van der Waals surface area contributed by atoms with E-state index in [-0.39, 0.29) is 0 Å². The van der Waals surface area contributed by atoms with Crippen LogP contribution in [-0.2, 0) is 0 Å². The normalized spacial score (nSPS) is 10.1. The molecule has 0 unspecified atom stereocenters. The van der Waals surface area contributed by atoms with Gasteiger partial charge in [-0.05, 0) is 29.8 Å². The van der Waals surface area contributed by atoms with Gasteiger partial charge in [-0.15, -0.1) is 10.2 Å². The highest BCUT2D eigenvalue weighted by molar-refractivity contribution is 5.64. The molecule has 0 aliphatic carbocycles. The minimum absolute atomic E-state index is 0.543. The molecule has 1 aromatic carbocycles. The molecule has 1 N–H and O–H groups in total. The fourth-order valence-electron chi connectivity index (χ4n) is 1.26. The van der Waals surface area contributed by atoms with Crippen molar-refractivity contribution in [1.82, 2.24) is 20.6 Å². The topological polar surface area (TPSA) is 63.7 Å². The number of aromatic amines is 1. The van der Waals surface area contributed by atoms with E-state index < -0.39 is 0 Å². The van der Waals surface area contributed by atoms with Gasteiger partial charge in [0, 0.05) is 0 Å². The Morgan fingerprint density at radius 2 is 2.21 bits per heavy atom. The Labute approximate surface area is 81.1 Å². The summed E-state index contributed by atoms with van der Waals surface area (Å²) in [4.78, 5) is 0. The number of aromatic nitrogens is 4. The smallest absolute Gasteiger partial charge is 0.208 e. The third-order valence-corrected chi connectivity index (χ3v) is 1.94. The van der Waals surface area contributed by atoms with Gasteiger partial charge in [-0.3, -0.25) is 0 Å². The maximum absolute atomic E-state index is 5.23. The molecular weight excluding hydrogens is 180 g/mol. The third-order valence-electron chi connectivity index (χ3n) is 1.94. The molecule has 0 radical (unpaired) electrons. The lowest BCUT2D eigenvalue weighted by Gasteiger charge is -2.05. The van der Waals surface area contributed by atoms with Gasteiger partial charge in [-0.25, -0.2) is 0 Å². The zero-order chi connectivity index (χ0) is 9.97. The fraction of sp³-hybridized carbons (Fsp3) is 0.222. The Morgan fingerprint density at radius 3 is 2.86 bits per heavy atom. The molecule has 5 heteroatoms. The molecule has 14 heavy (non-hydrogen) atoms. The summed E-state index contributed by atoms with van der Waals surface area (Å²) in [6.45, 7) is 2.00. The van der Waals surface area contributed by atoms with Gasteiger partial charge >= 0.3 is 0 Å². The molecule has 0 spiro atoms. The number of tetrazole rings is 1. The molecule has 0 atom stereocenters. The summed E-state index contributed by atoms with van der Waals surface area (Å²) in [5.41, 5.74) is 1.97. The van der Waals surface area contributed by atoms with E-state index in [1.807, 2.05) is 25.1 Å². The van der Waals surface area contributed by atoms with Gasteiger partial charge in [-0.1, -0.05) is 6.07 Å². The average molecular weight is 190 g/mol. The Morgan fingerprint density at radius 1 is 1.36 bits per heavy atom. The molecule has 1 aromatic heterocycles. The number of nitrogens with one attached hydrogen (secondary N) is 1. The lowest BCUT2D eigenvalue weighted by atomic mass is 10.1. The van der Waals surface area contributed by atoms with Crippen LogP contribution in [-0.4, -0.2) is 27.7 Å². The van der Waals surface area contributed by atoms with Crippen LogP contribution in [0.4, 0.5) is 0 Å². The summed E-state index contributed by atoms with van der Waals surface area (Å²) >= 11 is 0. The lowest BCUT2D eigenvalue weighted by molar-refractivity contribution is 0.416. The molecule has 0 bridgehead atoms. The van der Waals surface area contributed by atoms with E-state index in [2.05, 4.69) is 20.6 Å². The lowest BCUT2D eigenvalue weighted by Crippen LogP contribution is -1.90. The Kier molecular flexibility index (Phi) is 2.14. The summed E-state index contributed by atoms with van der Waals surface area (Å²) in [6, 6.07) is 5.83. The van der Waals surface area contributed by atoms with Gasteiger partial charge < -0.3 is 4.74 Å². The van der Waals surface area contributed by atoms with Gasteiger partial charge in [0.1, 0.15) is 5.75 Å². The highest BCUT2D eigenvalue weighted by atomic mass is 16.5. The van der Waals surface area contributed by atoms with E-state index in [1.165, 1.54) is 0 Å². The summed E-state index contributed by atoms with van der Waals surface area (Å²) in [5, 5.41) is 13.7. The quantitative estimate of drug-likeness (QED) is 0.772. The van der Waals surface area contributed by atoms with Gasteiger partial charge in [0.2, 0.25) is 5.82 Å². The highest BCUT2D eigenvalue weighted by Crippen LogP contribution is 2.27. The van der Waals surface area contributed by atoms with Crippen molar-refractivity contribution in [3.8, 4) is 17.1 Å². The first-order chi connectivity index (χ1) is 6.81. The van der Waals surface area contributed by atoms with E-state index >= 15 is 0 Å². The zero-order valence-electron chi connectivity index (χ0n) is 7.98. The van der Waals surface area contributed by atoms with Gasteiger partial charge in [0.25, 0.3) is 0 Å². The van der Waals surface area contributed by atoms with E-state index in [4.69, 9.17) is 4.74 Å². The standard InChI is InChI=1S/C9H10N4O/c1-6-3-4-7(8(5-6)14-2)9-10-12-13-11-9/h3-5H,1-2H3,(H,10,11,12,13). The van der Waals surface area contributed by atoms with Crippen molar-refractivity contribution < 1.29 is 4.74 Å². The monoisotopic (exact) mass is 190 g/mol. The highest BCUT2D eigenvalue weighted by Gasteiger charge is 2.09. The van der Waals surface area contributed by atoms with Crippen molar-refractivity contribution in [2.45, 2.75) is 6.92 Å². The molecular formula is C9H10N4O. The SMILES string of the molecule is COc1cc(C)ccc1-c1nn[nH]n1.